The van der Waals surface area contributed by atoms with E-state index in [2.05, 4.69) is 25.8 Å². The van der Waals surface area contributed by atoms with Crippen molar-refractivity contribution in [3.05, 3.63) is 47.9 Å². The van der Waals surface area contributed by atoms with E-state index in [9.17, 15) is 0 Å². The third-order valence-electron chi connectivity index (χ3n) is 5.40. The van der Waals surface area contributed by atoms with Crippen LogP contribution in [0.15, 0.2) is 35.0 Å². The molecule has 1 saturated heterocycles. The number of para-hydroxylation sites is 2. The van der Waals surface area contributed by atoms with Gasteiger partial charge >= 0.3 is 0 Å². The topological polar surface area (TPSA) is 47.1 Å². The average molecular weight is 322 g/mol. The summed E-state index contributed by atoms with van der Waals surface area (Å²) in [5, 5.41) is 0. The summed E-state index contributed by atoms with van der Waals surface area (Å²) in [7, 11) is 0. The summed E-state index contributed by atoms with van der Waals surface area (Å²) in [6.45, 7) is 2.94. The lowest BCUT2D eigenvalue weighted by molar-refractivity contribution is 0.283. The Morgan fingerprint density at radius 2 is 2.08 bits per heavy atom. The summed E-state index contributed by atoms with van der Waals surface area (Å²) < 4.78 is 8.32. The van der Waals surface area contributed by atoms with E-state index in [4.69, 9.17) is 4.42 Å². The molecule has 3 heterocycles. The van der Waals surface area contributed by atoms with Crippen LogP contribution in [0.1, 0.15) is 42.6 Å². The van der Waals surface area contributed by atoms with Gasteiger partial charge < -0.3 is 8.98 Å². The van der Waals surface area contributed by atoms with Crippen molar-refractivity contribution in [2.24, 2.45) is 0 Å². The van der Waals surface area contributed by atoms with Gasteiger partial charge in [-0.2, -0.15) is 0 Å². The van der Waals surface area contributed by atoms with Crippen LogP contribution in [0.2, 0.25) is 0 Å². The number of hydrogen-bond acceptors (Lipinski definition) is 4. The van der Waals surface area contributed by atoms with Crippen LogP contribution in [0.25, 0.3) is 11.1 Å². The second-order valence-corrected chi connectivity index (χ2v) is 7.01. The number of aryl methyl sites for hydroxylation is 1. The zero-order valence-electron chi connectivity index (χ0n) is 13.8. The molecule has 1 aliphatic heterocycles. The smallest absolute Gasteiger partial charge is 0.209 e. The molecule has 2 aromatic heterocycles. The highest BCUT2D eigenvalue weighted by atomic mass is 16.3. The predicted molar refractivity (Wildman–Crippen MR) is 91.8 cm³/mol. The third kappa shape index (κ3) is 2.44. The molecule has 1 fully saturated rings. The Kier molecular flexibility index (Phi) is 3.40. The Labute approximate surface area is 141 Å². The molecular formula is C19H22N4O. The molecule has 0 spiro atoms. The number of nitrogens with zero attached hydrogens (tertiary/aromatic N) is 4. The van der Waals surface area contributed by atoms with E-state index in [0.717, 1.165) is 43.0 Å². The molecule has 5 nitrogen and oxygen atoms in total. The molecule has 1 unspecified atom stereocenters. The first-order valence-electron chi connectivity index (χ1n) is 8.98. The Bertz CT molecular complexity index is 832. The maximum absolute atomic E-state index is 5.87. The lowest BCUT2D eigenvalue weighted by Gasteiger charge is -2.19. The van der Waals surface area contributed by atoms with Gasteiger partial charge in [-0.05, 0) is 44.2 Å². The van der Waals surface area contributed by atoms with Crippen LogP contribution in [0, 0.1) is 0 Å². The minimum atomic E-state index is 0.545. The fourth-order valence-electron chi connectivity index (χ4n) is 4.17. The fraction of sp³-hybridized carbons (Fsp3) is 0.474. The summed E-state index contributed by atoms with van der Waals surface area (Å²) in [6.07, 6.45) is 8.20. The molecule has 5 rings (SSSR count). The van der Waals surface area contributed by atoms with Crippen molar-refractivity contribution in [1.82, 2.24) is 19.4 Å². The summed E-state index contributed by atoms with van der Waals surface area (Å²) in [5.41, 5.74) is 4.65. The normalized spacial score (nSPS) is 21.4. The van der Waals surface area contributed by atoms with E-state index in [0.29, 0.717) is 6.04 Å². The Balaban J connectivity index is 1.31. The summed E-state index contributed by atoms with van der Waals surface area (Å²) in [5.74, 6) is 0.824. The maximum Gasteiger partial charge on any atom is 0.209 e. The van der Waals surface area contributed by atoms with E-state index < -0.39 is 0 Å². The van der Waals surface area contributed by atoms with Crippen molar-refractivity contribution in [2.75, 3.05) is 13.1 Å². The van der Waals surface area contributed by atoms with Gasteiger partial charge in [0.2, 0.25) is 5.89 Å². The molecular weight excluding hydrogens is 300 g/mol. The Hall–Kier alpha value is -2.14. The van der Waals surface area contributed by atoms with Crippen molar-refractivity contribution in [3.63, 3.8) is 0 Å². The van der Waals surface area contributed by atoms with E-state index in [1.54, 1.807) is 0 Å². The van der Waals surface area contributed by atoms with Gasteiger partial charge in [-0.15, -0.1) is 0 Å². The van der Waals surface area contributed by atoms with E-state index in [1.165, 1.54) is 37.1 Å². The zero-order valence-corrected chi connectivity index (χ0v) is 13.8. The number of benzene rings is 1. The molecule has 1 aromatic carbocycles. The summed E-state index contributed by atoms with van der Waals surface area (Å²) in [6, 6.07) is 8.53. The molecule has 0 N–H and O–H groups in total. The van der Waals surface area contributed by atoms with Crippen molar-refractivity contribution in [3.8, 4) is 0 Å². The number of rotatable bonds is 3. The van der Waals surface area contributed by atoms with Crippen LogP contribution in [0.3, 0.4) is 0 Å². The first-order valence-corrected chi connectivity index (χ1v) is 8.98. The first kappa shape index (κ1) is 14.2. The van der Waals surface area contributed by atoms with Crippen molar-refractivity contribution in [1.29, 1.82) is 0 Å². The monoisotopic (exact) mass is 322 g/mol. The van der Waals surface area contributed by atoms with E-state index in [-0.39, 0.29) is 0 Å². The fourth-order valence-corrected chi connectivity index (χ4v) is 4.17. The summed E-state index contributed by atoms with van der Waals surface area (Å²) in [4.78, 5) is 11.7. The molecule has 1 atom stereocenters. The lowest BCUT2D eigenvalue weighted by Crippen LogP contribution is -2.22. The van der Waals surface area contributed by atoms with Crippen LogP contribution in [-0.2, 0) is 19.4 Å². The van der Waals surface area contributed by atoms with Crippen LogP contribution >= 0.6 is 0 Å². The first-order chi connectivity index (χ1) is 11.9. The molecule has 0 radical (unpaired) electrons. The van der Waals surface area contributed by atoms with Crippen LogP contribution < -0.4 is 0 Å². The van der Waals surface area contributed by atoms with Gasteiger partial charge in [-0.1, -0.05) is 12.1 Å². The molecule has 0 bridgehead atoms. The van der Waals surface area contributed by atoms with Gasteiger partial charge in [-0.25, -0.2) is 9.97 Å². The second kappa shape index (κ2) is 5.74. The standard InChI is InChI=1S/C19H22N4O/c1-3-7-17-15(5-1)20-13-23(17)14-9-10-22(11-14)12-19-21-16-6-2-4-8-18(16)24-19/h2,4,6,8,13-14H,1,3,5,7,9-12H2. The van der Waals surface area contributed by atoms with Crippen molar-refractivity contribution >= 4 is 11.1 Å². The van der Waals surface area contributed by atoms with Gasteiger partial charge in [-0.3, -0.25) is 4.90 Å². The molecule has 3 aromatic rings. The maximum atomic E-state index is 5.87. The Morgan fingerprint density at radius 1 is 1.17 bits per heavy atom. The highest BCUT2D eigenvalue weighted by Gasteiger charge is 2.28. The molecule has 0 amide bonds. The minimum Gasteiger partial charge on any atom is -0.439 e. The number of fused-ring (bicyclic) bond motifs is 2. The molecule has 24 heavy (non-hydrogen) atoms. The molecule has 1 aliphatic carbocycles. The molecule has 5 heteroatoms. The van der Waals surface area contributed by atoms with E-state index in [1.807, 2.05) is 24.3 Å². The Morgan fingerprint density at radius 3 is 3.04 bits per heavy atom. The highest BCUT2D eigenvalue weighted by Crippen LogP contribution is 2.29. The lowest BCUT2D eigenvalue weighted by atomic mass is 10.0. The minimum absolute atomic E-state index is 0.545. The van der Waals surface area contributed by atoms with Crippen molar-refractivity contribution in [2.45, 2.75) is 44.7 Å². The number of aromatic nitrogens is 3. The third-order valence-corrected chi connectivity index (χ3v) is 5.40. The molecule has 124 valence electrons. The van der Waals surface area contributed by atoms with Gasteiger partial charge in [0.05, 0.1) is 18.6 Å². The van der Waals surface area contributed by atoms with Crippen LogP contribution in [-0.4, -0.2) is 32.5 Å². The summed E-state index contributed by atoms with van der Waals surface area (Å²) >= 11 is 0. The van der Waals surface area contributed by atoms with Crippen LogP contribution in [0.4, 0.5) is 0 Å². The van der Waals surface area contributed by atoms with Gasteiger partial charge in [0.15, 0.2) is 5.58 Å². The number of oxazole rings is 1. The zero-order chi connectivity index (χ0) is 15.9. The van der Waals surface area contributed by atoms with E-state index >= 15 is 0 Å². The van der Waals surface area contributed by atoms with Crippen LogP contribution in [0.5, 0.6) is 0 Å². The molecule has 0 saturated carbocycles. The largest absolute Gasteiger partial charge is 0.439 e. The SMILES string of the molecule is c1ccc2oc(CN3CCC(n4cnc5c4CCCC5)C3)nc2c1. The van der Waals surface area contributed by atoms with Gasteiger partial charge in [0.1, 0.15) is 5.52 Å². The second-order valence-electron chi connectivity index (χ2n) is 7.01. The molecule has 2 aliphatic rings. The van der Waals surface area contributed by atoms with Gasteiger partial charge in [0, 0.05) is 24.8 Å². The predicted octanol–water partition coefficient (Wildman–Crippen LogP) is 3.35. The number of hydrogen-bond donors (Lipinski definition) is 0. The highest BCUT2D eigenvalue weighted by molar-refractivity contribution is 5.72. The van der Waals surface area contributed by atoms with Gasteiger partial charge in [0.25, 0.3) is 0 Å². The quantitative estimate of drug-likeness (QED) is 0.742. The number of likely N-dealkylation sites (tertiary alicyclic amines) is 1. The van der Waals surface area contributed by atoms with Crippen molar-refractivity contribution < 1.29 is 4.42 Å². The number of imidazole rings is 1. The average Bonchev–Trinajstić information content (AvgIpc) is 3.31.